The largest absolute Gasteiger partial charge is 0.271 e. The lowest BCUT2D eigenvalue weighted by Gasteiger charge is -2.29. The van der Waals surface area contributed by atoms with Crippen LogP contribution in [0.15, 0.2) is 66.3 Å². The number of benzene rings is 2. The van der Waals surface area contributed by atoms with Gasteiger partial charge in [-0.25, -0.2) is 0 Å². The zero-order chi connectivity index (χ0) is 18.5. The van der Waals surface area contributed by atoms with Gasteiger partial charge in [0, 0.05) is 4.92 Å². The van der Waals surface area contributed by atoms with Gasteiger partial charge in [-0.1, -0.05) is 49.0 Å². The van der Waals surface area contributed by atoms with Crippen molar-refractivity contribution in [2.24, 2.45) is 10.5 Å². The molecule has 0 saturated heterocycles. The molecule has 2 aromatic rings. The van der Waals surface area contributed by atoms with E-state index in [1.54, 1.807) is 19.1 Å². The SMILES string of the molecule is C=C1c2ccccc2[C@@H](C[N+](=O)[O-])[C@@]12C(=O)N(c1ccccc1)N=C2C. The lowest BCUT2D eigenvalue weighted by molar-refractivity contribution is -0.484. The molecule has 2 aromatic carbocycles. The van der Waals surface area contributed by atoms with Crippen LogP contribution in [0.2, 0.25) is 0 Å². The molecular weight excluding hydrogens is 330 g/mol. The van der Waals surface area contributed by atoms with Crippen molar-refractivity contribution in [2.75, 3.05) is 11.6 Å². The van der Waals surface area contributed by atoms with Gasteiger partial charge in [-0.3, -0.25) is 14.9 Å². The molecule has 0 radical (unpaired) electrons. The van der Waals surface area contributed by atoms with Crippen LogP contribution in [0.5, 0.6) is 0 Å². The Morgan fingerprint density at radius 1 is 1.19 bits per heavy atom. The van der Waals surface area contributed by atoms with E-state index in [-0.39, 0.29) is 17.4 Å². The van der Waals surface area contributed by atoms with E-state index in [0.717, 1.165) is 11.1 Å². The molecule has 0 unspecified atom stereocenters. The maximum atomic E-state index is 13.5. The molecule has 1 amide bonds. The molecule has 1 heterocycles. The first kappa shape index (κ1) is 16.2. The van der Waals surface area contributed by atoms with Gasteiger partial charge in [-0.2, -0.15) is 10.1 Å². The molecule has 6 heteroatoms. The number of nitro groups is 1. The van der Waals surface area contributed by atoms with Crippen LogP contribution in [0.3, 0.4) is 0 Å². The van der Waals surface area contributed by atoms with E-state index in [0.29, 0.717) is 17.0 Å². The molecule has 0 saturated carbocycles. The van der Waals surface area contributed by atoms with Crippen LogP contribution in [-0.4, -0.2) is 23.1 Å². The number of carbonyl (C=O) groups excluding carboxylic acids is 1. The van der Waals surface area contributed by atoms with E-state index in [1.807, 2.05) is 42.5 Å². The number of hydrazone groups is 1. The minimum Gasteiger partial charge on any atom is -0.271 e. The number of hydrogen-bond acceptors (Lipinski definition) is 4. The Labute approximate surface area is 150 Å². The van der Waals surface area contributed by atoms with Gasteiger partial charge in [0.05, 0.1) is 17.3 Å². The number of anilines is 1. The van der Waals surface area contributed by atoms with Crippen LogP contribution in [0.4, 0.5) is 5.69 Å². The summed E-state index contributed by atoms with van der Waals surface area (Å²) in [6.07, 6.45) is 0. The maximum Gasteiger partial charge on any atom is 0.264 e. The summed E-state index contributed by atoms with van der Waals surface area (Å²) in [5.74, 6) is -0.902. The molecule has 0 fully saturated rings. The Kier molecular flexibility index (Phi) is 3.50. The van der Waals surface area contributed by atoms with Gasteiger partial charge >= 0.3 is 0 Å². The van der Waals surface area contributed by atoms with Crippen LogP contribution in [-0.2, 0) is 4.79 Å². The fourth-order valence-corrected chi connectivity index (χ4v) is 4.20. The van der Waals surface area contributed by atoms with Gasteiger partial charge in [0.25, 0.3) is 5.91 Å². The van der Waals surface area contributed by atoms with Crippen LogP contribution in [0.25, 0.3) is 5.57 Å². The molecule has 1 aliphatic heterocycles. The fourth-order valence-electron chi connectivity index (χ4n) is 4.20. The Bertz CT molecular complexity index is 967. The van der Waals surface area contributed by atoms with E-state index >= 15 is 0 Å². The minimum absolute atomic E-state index is 0.283. The van der Waals surface area contributed by atoms with Crippen molar-refractivity contribution in [3.8, 4) is 0 Å². The first-order valence-electron chi connectivity index (χ1n) is 8.33. The average molecular weight is 347 g/mol. The number of carbonyl (C=O) groups is 1. The second-order valence-electron chi connectivity index (χ2n) is 6.58. The molecule has 0 aromatic heterocycles. The third-order valence-corrected chi connectivity index (χ3v) is 5.34. The molecule has 4 rings (SSSR count). The number of fused-ring (bicyclic) bond motifs is 1. The molecule has 0 N–H and O–H groups in total. The minimum atomic E-state index is -1.20. The third-order valence-electron chi connectivity index (χ3n) is 5.34. The lowest BCUT2D eigenvalue weighted by Crippen LogP contribution is -2.43. The number of nitrogens with zero attached hydrogens (tertiary/aromatic N) is 3. The van der Waals surface area contributed by atoms with Gasteiger partial charge in [0.2, 0.25) is 6.54 Å². The number of amides is 1. The van der Waals surface area contributed by atoms with Crippen LogP contribution in [0.1, 0.15) is 24.0 Å². The van der Waals surface area contributed by atoms with E-state index in [1.165, 1.54) is 5.01 Å². The molecule has 2 atom stereocenters. The van der Waals surface area contributed by atoms with Crippen molar-refractivity contribution < 1.29 is 9.72 Å². The first-order chi connectivity index (χ1) is 12.5. The first-order valence-corrected chi connectivity index (χ1v) is 8.33. The topological polar surface area (TPSA) is 75.8 Å². The molecule has 1 spiro atoms. The zero-order valence-electron chi connectivity index (χ0n) is 14.3. The third kappa shape index (κ3) is 1.98. The van der Waals surface area contributed by atoms with Gasteiger partial charge in [0.1, 0.15) is 5.41 Å². The summed E-state index contributed by atoms with van der Waals surface area (Å²) in [6, 6.07) is 16.5. The molecule has 26 heavy (non-hydrogen) atoms. The second kappa shape index (κ2) is 5.62. The van der Waals surface area contributed by atoms with Crippen LogP contribution in [0, 0.1) is 15.5 Å². The fraction of sp³-hybridized carbons (Fsp3) is 0.200. The quantitative estimate of drug-likeness (QED) is 0.630. The second-order valence-corrected chi connectivity index (χ2v) is 6.58. The molecule has 130 valence electrons. The van der Waals surface area contributed by atoms with E-state index in [4.69, 9.17) is 0 Å². The molecule has 6 nitrogen and oxygen atoms in total. The maximum absolute atomic E-state index is 13.5. The highest BCUT2D eigenvalue weighted by atomic mass is 16.6. The predicted octanol–water partition coefficient (Wildman–Crippen LogP) is 3.48. The summed E-state index contributed by atoms with van der Waals surface area (Å²) in [7, 11) is 0. The van der Waals surface area contributed by atoms with Crippen LogP contribution >= 0.6 is 0 Å². The molecule has 2 aliphatic rings. The van der Waals surface area contributed by atoms with Gasteiger partial charge in [0.15, 0.2) is 0 Å². The molecular formula is C20H17N3O3. The average Bonchev–Trinajstić information content (AvgIpc) is 3.05. The summed E-state index contributed by atoms with van der Waals surface area (Å²) in [4.78, 5) is 24.6. The highest BCUT2D eigenvalue weighted by Gasteiger charge is 2.62. The van der Waals surface area contributed by atoms with Gasteiger partial charge in [-0.15, -0.1) is 0 Å². The Morgan fingerprint density at radius 2 is 1.85 bits per heavy atom. The number of para-hydroxylation sites is 1. The highest BCUT2D eigenvalue weighted by Crippen LogP contribution is 2.58. The number of hydrogen-bond donors (Lipinski definition) is 0. The monoisotopic (exact) mass is 347 g/mol. The molecule has 0 bridgehead atoms. The van der Waals surface area contributed by atoms with E-state index in [2.05, 4.69) is 11.7 Å². The summed E-state index contributed by atoms with van der Waals surface area (Å²) in [6.45, 7) is 5.57. The van der Waals surface area contributed by atoms with E-state index < -0.39 is 11.3 Å². The Balaban J connectivity index is 1.89. The van der Waals surface area contributed by atoms with E-state index in [9.17, 15) is 14.9 Å². The normalized spacial score (nSPS) is 24.1. The lowest BCUT2D eigenvalue weighted by atomic mass is 9.70. The summed E-state index contributed by atoms with van der Waals surface area (Å²) < 4.78 is 0. The smallest absolute Gasteiger partial charge is 0.264 e. The number of rotatable bonds is 3. The van der Waals surface area contributed by atoms with Gasteiger partial charge in [-0.05, 0) is 35.8 Å². The summed E-state index contributed by atoms with van der Waals surface area (Å²) in [5, 5.41) is 17.2. The molecule has 1 aliphatic carbocycles. The van der Waals surface area contributed by atoms with Gasteiger partial charge < -0.3 is 0 Å². The van der Waals surface area contributed by atoms with Crippen molar-refractivity contribution in [1.82, 2.24) is 0 Å². The van der Waals surface area contributed by atoms with Crippen molar-refractivity contribution in [3.63, 3.8) is 0 Å². The Hall–Kier alpha value is -3.28. The van der Waals surface area contributed by atoms with Crippen molar-refractivity contribution in [1.29, 1.82) is 0 Å². The van der Waals surface area contributed by atoms with Crippen molar-refractivity contribution >= 4 is 22.9 Å². The highest BCUT2D eigenvalue weighted by molar-refractivity contribution is 6.27. The summed E-state index contributed by atoms with van der Waals surface area (Å²) >= 11 is 0. The Morgan fingerprint density at radius 3 is 2.54 bits per heavy atom. The van der Waals surface area contributed by atoms with Crippen molar-refractivity contribution in [3.05, 3.63) is 82.4 Å². The zero-order valence-corrected chi connectivity index (χ0v) is 14.3. The predicted molar refractivity (Wildman–Crippen MR) is 99.5 cm³/mol. The summed E-state index contributed by atoms with van der Waals surface area (Å²) in [5.41, 5.74) is 2.15. The van der Waals surface area contributed by atoms with Crippen LogP contribution < -0.4 is 5.01 Å². The van der Waals surface area contributed by atoms with Crippen molar-refractivity contribution in [2.45, 2.75) is 12.8 Å². The standard InChI is InChI=1S/C20H17N3O3/c1-13-16-10-6-7-11-17(16)18(12-22(25)26)20(13)14(2)21-23(19(20)24)15-8-4-3-5-9-15/h3-11,18H,1,12H2,2H3/t18-,20-/m1/s1.